The van der Waals surface area contributed by atoms with Gasteiger partial charge < -0.3 is 19.8 Å². The van der Waals surface area contributed by atoms with Gasteiger partial charge >= 0.3 is 0 Å². The molecule has 1 fully saturated rings. The van der Waals surface area contributed by atoms with E-state index >= 15 is 0 Å². The second-order valence-corrected chi connectivity index (χ2v) is 6.06. The van der Waals surface area contributed by atoms with Crippen LogP contribution in [-0.4, -0.2) is 35.7 Å². The fourth-order valence-corrected chi connectivity index (χ4v) is 3.20. The van der Waals surface area contributed by atoms with Gasteiger partial charge in [0.15, 0.2) is 5.65 Å². The monoisotopic (exact) mass is 326 g/mol. The predicted octanol–water partition coefficient (Wildman–Crippen LogP) is 2.87. The highest BCUT2D eigenvalue weighted by Gasteiger charge is 2.17. The Balaban J connectivity index is 1.89. The first-order valence-electron chi connectivity index (χ1n) is 7.99. The molecule has 1 aromatic carbocycles. The first-order valence-corrected chi connectivity index (χ1v) is 7.99. The van der Waals surface area contributed by atoms with Gasteiger partial charge in [-0.25, -0.2) is 9.37 Å². The van der Waals surface area contributed by atoms with E-state index < -0.39 is 0 Å². The summed E-state index contributed by atoms with van der Waals surface area (Å²) in [4.78, 5) is 6.75. The van der Waals surface area contributed by atoms with Crippen LogP contribution >= 0.6 is 0 Å². The summed E-state index contributed by atoms with van der Waals surface area (Å²) < 4.78 is 21.1. The van der Waals surface area contributed by atoms with Crippen molar-refractivity contribution in [1.82, 2.24) is 9.38 Å². The number of pyridine rings is 1. The van der Waals surface area contributed by atoms with Crippen LogP contribution in [0.1, 0.15) is 5.56 Å². The normalized spacial score (nSPS) is 15.2. The zero-order valence-corrected chi connectivity index (χ0v) is 13.5. The summed E-state index contributed by atoms with van der Waals surface area (Å²) in [5.41, 5.74) is 10.7. The number of hydrogen-bond donors (Lipinski definition) is 1. The molecule has 1 aliphatic rings. The van der Waals surface area contributed by atoms with Gasteiger partial charge in [0.1, 0.15) is 5.82 Å². The molecule has 0 atom stereocenters. The van der Waals surface area contributed by atoms with Gasteiger partial charge in [0.25, 0.3) is 0 Å². The summed E-state index contributed by atoms with van der Waals surface area (Å²) >= 11 is 0. The van der Waals surface area contributed by atoms with Crippen molar-refractivity contribution in [1.29, 1.82) is 0 Å². The SMILES string of the molecule is Cc1cc(F)c(N)cc1-c1cc(N2CCOCC2)c2nccn2c1. The van der Waals surface area contributed by atoms with Gasteiger partial charge in [0.05, 0.1) is 24.6 Å². The number of benzene rings is 1. The summed E-state index contributed by atoms with van der Waals surface area (Å²) in [6.07, 6.45) is 5.71. The number of halogens is 1. The minimum absolute atomic E-state index is 0.161. The lowest BCUT2D eigenvalue weighted by molar-refractivity contribution is 0.123. The van der Waals surface area contributed by atoms with E-state index in [0.717, 1.165) is 41.1 Å². The molecular formula is C18H19FN4O. The number of nitrogens with zero attached hydrogens (tertiary/aromatic N) is 3. The third kappa shape index (κ3) is 2.49. The summed E-state index contributed by atoms with van der Waals surface area (Å²) in [7, 11) is 0. The van der Waals surface area contributed by atoms with Crippen molar-refractivity contribution >= 4 is 17.0 Å². The Morgan fingerprint density at radius 1 is 1.21 bits per heavy atom. The van der Waals surface area contributed by atoms with Crippen molar-refractivity contribution in [3.8, 4) is 11.1 Å². The molecule has 3 aromatic rings. The van der Waals surface area contributed by atoms with Crippen LogP contribution in [0, 0.1) is 12.7 Å². The summed E-state index contributed by atoms with van der Waals surface area (Å²) in [6.45, 7) is 4.97. The average molecular weight is 326 g/mol. The van der Waals surface area contributed by atoms with E-state index in [4.69, 9.17) is 10.5 Å². The summed E-state index contributed by atoms with van der Waals surface area (Å²) in [5.74, 6) is -0.381. The number of nitrogen functional groups attached to an aromatic ring is 1. The molecule has 24 heavy (non-hydrogen) atoms. The lowest BCUT2D eigenvalue weighted by Crippen LogP contribution is -2.36. The number of rotatable bonds is 2. The van der Waals surface area contributed by atoms with Crippen molar-refractivity contribution < 1.29 is 9.13 Å². The molecule has 6 heteroatoms. The fraction of sp³-hybridized carbons (Fsp3) is 0.278. The standard InChI is InChI=1S/C18H19FN4O/c1-12-8-15(19)16(20)10-14(12)13-9-17(22-4-6-24-7-5-22)18-21-2-3-23(18)11-13/h2-3,8-11H,4-7,20H2,1H3. The van der Waals surface area contributed by atoms with Gasteiger partial charge in [0, 0.05) is 37.2 Å². The molecule has 4 rings (SSSR count). The minimum Gasteiger partial charge on any atom is -0.396 e. The Kier molecular flexibility index (Phi) is 3.61. The lowest BCUT2D eigenvalue weighted by atomic mass is 10.0. The van der Waals surface area contributed by atoms with Crippen LogP contribution in [0.25, 0.3) is 16.8 Å². The molecule has 0 spiro atoms. The smallest absolute Gasteiger partial charge is 0.160 e. The van der Waals surface area contributed by atoms with Gasteiger partial charge in [-0.05, 0) is 36.2 Å². The second-order valence-electron chi connectivity index (χ2n) is 6.06. The molecule has 0 unspecified atom stereocenters. The van der Waals surface area contributed by atoms with Crippen LogP contribution in [0.4, 0.5) is 15.8 Å². The zero-order valence-electron chi connectivity index (χ0n) is 13.5. The molecule has 2 aromatic heterocycles. The second kappa shape index (κ2) is 5.79. The summed E-state index contributed by atoms with van der Waals surface area (Å²) in [6, 6.07) is 5.29. The average Bonchev–Trinajstić information content (AvgIpc) is 3.06. The Bertz CT molecular complexity index is 899. The number of nitrogens with two attached hydrogens (primary N) is 1. The first-order chi connectivity index (χ1) is 11.6. The quantitative estimate of drug-likeness (QED) is 0.736. The highest BCUT2D eigenvalue weighted by Crippen LogP contribution is 2.32. The third-order valence-electron chi connectivity index (χ3n) is 4.47. The van der Waals surface area contributed by atoms with Crippen LogP contribution in [0.2, 0.25) is 0 Å². The molecule has 0 aliphatic carbocycles. The molecule has 0 amide bonds. The van der Waals surface area contributed by atoms with E-state index in [9.17, 15) is 4.39 Å². The number of imidazole rings is 1. The molecular weight excluding hydrogens is 307 g/mol. The van der Waals surface area contributed by atoms with Crippen molar-refractivity contribution in [2.75, 3.05) is 36.9 Å². The number of anilines is 2. The largest absolute Gasteiger partial charge is 0.396 e. The van der Waals surface area contributed by atoms with E-state index in [1.54, 1.807) is 12.3 Å². The topological polar surface area (TPSA) is 55.8 Å². The van der Waals surface area contributed by atoms with Crippen molar-refractivity contribution in [2.45, 2.75) is 6.92 Å². The van der Waals surface area contributed by atoms with Crippen LogP contribution in [0.15, 0.2) is 36.8 Å². The molecule has 1 aliphatic heterocycles. The Morgan fingerprint density at radius 2 is 2.00 bits per heavy atom. The molecule has 124 valence electrons. The van der Waals surface area contributed by atoms with Gasteiger partial charge in [-0.3, -0.25) is 0 Å². The number of ether oxygens (including phenoxy) is 1. The zero-order chi connectivity index (χ0) is 16.7. The Morgan fingerprint density at radius 3 is 2.79 bits per heavy atom. The van der Waals surface area contributed by atoms with Crippen molar-refractivity contribution in [2.24, 2.45) is 0 Å². The number of aryl methyl sites for hydroxylation is 1. The van der Waals surface area contributed by atoms with Crippen LogP contribution in [0.3, 0.4) is 0 Å². The maximum Gasteiger partial charge on any atom is 0.160 e. The highest BCUT2D eigenvalue weighted by atomic mass is 19.1. The first kappa shape index (κ1) is 15.0. The predicted molar refractivity (Wildman–Crippen MR) is 92.8 cm³/mol. The minimum atomic E-state index is -0.381. The maximum absolute atomic E-state index is 13.7. The van der Waals surface area contributed by atoms with Crippen molar-refractivity contribution in [3.63, 3.8) is 0 Å². The highest BCUT2D eigenvalue weighted by molar-refractivity contribution is 5.79. The molecule has 2 N–H and O–H groups in total. The van der Waals surface area contributed by atoms with Crippen LogP contribution in [-0.2, 0) is 4.74 Å². The van der Waals surface area contributed by atoms with Gasteiger partial charge in [-0.15, -0.1) is 0 Å². The number of hydrogen-bond acceptors (Lipinski definition) is 4. The molecule has 5 nitrogen and oxygen atoms in total. The third-order valence-corrected chi connectivity index (χ3v) is 4.47. The summed E-state index contributed by atoms with van der Waals surface area (Å²) in [5, 5.41) is 0. The van der Waals surface area contributed by atoms with E-state index in [1.165, 1.54) is 6.07 Å². The fourth-order valence-electron chi connectivity index (χ4n) is 3.20. The van der Waals surface area contributed by atoms with Gasteiger partial charge in [-0.2, -0.15) is 0 Å². The number of morpholine rings is 1. The van der Waals surface area contributed by atoms with Gasteiger partial charge in [0.2, 0.25) is 0 Å². The van der Waals surface area contributed by atoms with Gasteiger partial charge in [-0.1, -0.05) is 0 Å². The van der Waals surface area contributed by atoms with E-state index in [0.29, 0.717) is 13.2 Å². The Labute approximate surface area is 139 Å². The number of fused-ring (bicyclic) bond motifs is 1. The van der Waals surface area contributed by atoms with Crippen LogP contribution in [0.5, 0.6) is 0 Å². The van der Waals surface area contributed by atoms with Crippen molar-refractivity contribution in [3.05, 3.63) is 48.2 Å². The van der Waals surface area contributed by atoms with Crippen LogP contribution < -0.4 is 10.6 Å². The Hall–Kier alpha value is -2.60. The van der Waals surface area contributed by atoms with E-state index in [-0.39, 0.29) is 11.5 Å². The maximum atomic E-state index is 13.7. The number of aromatic nitrogens is 2. The van der Waals surface area contributed by atoms with E-state index in [2.05, 4.69) is 16.0 Å². The molecule has 0 bridgehead atoms. The van der Waals surface area contributed by atoms with E-state index in [1.807, 2.05) is 23.7 Å². The molecule has 0 saturated carbocycles. The molecule has 0 radical (unpaired) electrons. The lowest BCUT2D eigenvalue weighted by Gasteiger charge is -2.29. The molecule has 1 saturated heterocycles. The molecule has 3 heterocycles.